The molecule has 0 aliphatic carbocycles. The molecule has 82 valence electrons. The number of hydrogen-bond donors (Lipinski definition) is 1. The van der Waals surface area contributed by atoms with Crippen molar-refractivity contribution in [1.29, 1.82) is 0 Å². The van der Waals surface area contributed by atoms with E-state index in [2.05, 4.69) is 28.2 Å². The molecule has 1 unspecified atom stereocenters. The first-order valence-electron chi connectivity index (χ1n) is 5.12. The second kappa shape index (κ2) is 5.31. The molecule has 0 radical (unpaired) electrons. The number of rotatable bonds is 3. The molecule has 1 aromatic rings. The molecule has 0 saturated heterocycles. The summed E-state index contributed by atoms with van der Waals surface area (Å²) >= 11 is 3.42. The van der Waals surface area contributed by atoms with E-state index in [1.54, 1.807) is 0 Å². The highest BCUT2D eigenvalue weighted by atomic mass is 79.9. The molecule has 1 rings (SSSR count). The second-order valence-corrected chi connectivity index (χ2v) is 4.55. The Hall–Kier alpha value is -0.830. The van der Waals surface area contributed by atoms with E-state index < -0.39 is 0 Å². The Labute approximate surface area is 99.2 Å². The van der Waals surface area contributed by atoms with E-state index in [1.807, 2.05) is 32.0 Å². The van der Waals surface area contributed by atoms with Crippen molar-refractivity contribution in [3.05, 3.63) is 33.8 Å². The predicted molar refractivity (Wildman–Crippen MR) is 66.1 cm³/mol. The van der Waals surface area contributed by atoms with Crippen LogP contribution in [0.25, 0.3) is 0 Å². The van der Waals surface area contributed by atoms with E-state index in [0.29, 0.717) is 0 Å². The van der Waals surface area contributed by atoms with Gasteiger partial charge in [0.25, 0.3) is 5.91 Å². The van der Waals surface area contributed by atoms with Crippen LogP contribution in [0, 0.1) is 6.92 Å². The Kier molecular flexibility index (Phi) is 4.33. The van der Waals surface area contributed by atoms with Crippen molar-refractivity contribution in [2.75, 3.05) is 0 Å². The SMILES string of the molecule is CCC(C)NC(=O)c1cccc(Br)c1C. The minimum Gasteiger partial charge on any atom is -0.350 e. The van der Waals surface area contributed by atoms with Gasteiger partial charge in [0.05, 0.1) is 0 Å². The van der Waals surface area contributed by atoms with Crippen LogP contribution in [-0.4, -0.2) is 11.9 Å². The van der Waals surface area contributed by atoms with Crippen molar-refractivity contribution in [3.8, 4) is 0 Å². The molecule has 0 bridgehead atoms. The Morgan fingerprint density at radius 1 is 1.53 bits per heavy atom. The third kappa shape index (κ3) is 3.06. The first-order valence-corrected chi connectivity index (χ1v) is 5.91. The number of carbonyl (C=O) groups excluding carboxylic acids is 1. The normalized spacial score (nSPS) is 12.3. The van der Waals surface area contributed by atoms with Crippen LogP contribution in [-0.2, 0) is 0 Å². The number of benzene rings is 1. The van der Waals surface area contributed by atoms with E-state index in [-0.39, 0.29) is 11.9 Å². The number of carbonyl (C=O) groups is 1. The van der Waals surface area contributed by atoms with Crippen LogP contribution in [0.3, 0.4) is 0 Å². The average molecular weight is 270 g/mol. The summed E-state index contributed by atoms with van der Waals surface area (Å²) in [4.78, 5) is 11.9. The zero-order chi connectivity index (χ0) is 11.4. The quantitative estimate of drug-likeness (QED) is 0.897. The van der Waals surface area contributed by atoms with Gasteiger partial charge >= 0.3 is 0 Å². The van der Waals surface area contributed by atoms with Gasteiger partial charge in [0.1, 0.15) is 0 Å². The number of amides is 1. The molecular weight excluding hydrogens is 254 g/mol. The zero-order valence-electron chi connectivity index (χ0n) is 9.30. The molecule has 0 fully saturated rings. The van der Waals surface area contributed by atoms with Gasteiger partial charge in [-0.15, -0.1) is 0 Å². The molecule has 1 amide bonds. The van der Waals surface area contributed by atoms with E-state index >= 15 is 0 Å². The molecule has 0 saturated carbocycles. The van der Waals surface area contributed by atoms with Gasteiger partial charge in [0, 0.05) is 16.1 Å². The molecule has 15 heavy (non-hydrogen) atoms. The largest absolute Gasteiger partial charge is 0.350 e. The second-order valence-electron chi connectivity index (χ2n) is 3.70. The number of hydrogen-bond acceptors (Lipinski definition) is 1. The summed E-state index contributed by atoms with van der Waals surface area (Å²) in [5, 5.41) is 2.95. The monoisotopic (exact) mass is 269 g/mol. The summed E-state index contributed by atoms with van der Waals surface area (Å²) in [6.07, 6.45) is 0.943. The zero-order valence-corrected chi connectivity index (χ0v) is 10.9. The van der Waals surface area contributed by atoms with Crippen LogP contribution in [0.2, 0.25) is 0 Å². The van der Waals surface area contributed by atoms with Gasteiger partial charge < -0.3 is 5.32 Å². The lowest BCUT2D eigenvalue weighted by Crippen LogP contribution is -2.32. The van der Waals surface area contributed by atoms with Gasteiger partial charge in [0.2, 0.25) is 0 Å². The summed E-state index contributed by atoms with van der Waals surface area (Å²) < 4.78 is 0.972. The maximum absolute atomic E-state index is 11.9. The number of halogens is 1. The van der Waals surface area contributed by atoms with Crippen LogP contribution >= 0.6 is 15.9 Å². The van der Waals surface area contributed by atoms with Gasteiger partial charge in [-0.1, -0.05) is 28.9 Å². The Balaban J connectivity index is 2.87. The maximum Gasteiger partial charge on any atom is 0.251 e. The van der Waals surface area contributed by atoms with Gasteiger partial charge in [-0.2, -0.15) is 0 Å². The van der Waals surface area contributed by atoms with Gasteiger partial charge in [-0.25, -0.2) is 0 Å². The third-order valence-electron chi connectivity index (χ3n) is 2.50. The van der Waals surface area contributed by atoms with Gasteiger partial charge in [-0.05, 0) is 38.0 Å². The van der Waals surface area contributed by atoms with E-state index in [4.69, 9.17) is 0 Å². The molecule has 0 aliphatic heterocycles. The molecule has 0 aliphatic rings. The molecule has 1 aromatic carbocycles. The van der Waals surface area contributed by atoms with Crippen molar-refractivity contribution >= 4 is 21.8 Å². The Bertz CT molecular complexity index is 363. The van der Waals surface area contributed by atoms with Crippen LogP contribution < -0.4 is 5.32 Å². The van der Waals surface area contributed by atoms with Crippen LogP contribution in [0.1, 0.15) is 36.2 Å². The summed E-state index contributed by atoms with van der Waals surface area (Å²) in [5.41, 5.74) is 1.72. The highest BCUT2D eigenvalue weighted by Crippen LogP contribution is 2.19. The molecule has 3 heteroatoms. The summed E-state index contributed by atoms with van der Waals surface area (Å²) in [6.45, 7) is 6.00. The topological polar surface area (TPSA) is 29.1 Å². The lowest BCUT2D eigenvalue weighted by atomic mass is 10.1. The fourth-order valence-corrected chi connectivity index (χ4v) is 1.62. The smallest absolute Gasteiger partial charge is 0.251 e. The highest BCUT2D eigenvalue weighted by molar-refractivity contribution is 9.10. The molecule has 1 atom stereocenters. The van der Waals surface area contributed by atoms with Crippen molar-refractivity contribution in [2.24, 2.45) is 0 Å². The Morgan fingerprint density at radius 3 is 2.80 bits per heavy atom. The van der Waals surface area contributed by atoms with Crippen molar-refractivity contribution in [1.82, 2.24) is 5.32 Å². The number of nitrogens with one attached hydrogen (secondary N) is 1. The maximum atomic E-state index is 11.9. The third-order valence-corrected chi connectivity index (χ3v) is 3.36. The minimum atomic E-state index is 0.00292. The predicted octanol–water partition coefficient (Wildman–Crippen LogP) is 3.29. The lowest BCUT2D eigenvalue weighted by Gasteiger charge is -2.13. The van der Waals surface area contributed by atoms with E-state index in [9.17, 15) is 4.79 Å². The standard InChI is InChI=1S/C12H16BrNO/c1-4-8(2)14-12(15)10-6-5-7-11(13)9(10)3/h5-8H,4H2,1-3H3,(H,14,15). The highest BCUT2D eigenvalue weighted by Gasteiger charge is 2.11. The van der Waals surface area contributed by atoms with Gasteiger partial charge in [0.15, 0.2) is 0 Å². The van der Waals surface area contributed by atoms with E-state index in [0.717, 1.165) is 22.0 Å². The van der Waals surface area contributed by atoms with Crippen LogP contribution in [0.5, 0.6) is 0 Å². The van der Waals surface area contributed by atoms with Crippen molar-refractivity contribution in [3.63, 3.8) is 0 Å². The molecular formula is C12H16BrNO. The minimum absolute atomic E-state index is 0.00292. The molecule has 2 nitrogen and oxygen atoms in total. The van der Waals surface area contributed by atoms with Gasteiger partial charge in [-0.3, -0.25) is 4.79 Å². The average Bonchev–Trinajstić information content (AvgIpc) is 2.21. The van der Waals surface area contributed by atoms with Crippen LogP contribution in [0.4, 0.5) is 0 Å². The van der Waals surface area contributed by atoms with Crippen molar-refractivity contribution < 1.29 is 4.79 Å². The van der Waals surface area contributed by atoms with E-state index in [1.165, 1.54) is 0 Å². The summed E-state index contributed by atoms with van der Waals surface area (Å²) in [6, 6.07) is 5.88. The molecule has 1 N–H and O–H groups in total. The lowest BCUT2D eigenvalue weighted by molar-refractivity contribution is 0.0938. The fraction of sp³-hybridized carbons (Fsp3) is 0.417. The molecule has 0 heterocycles. The summed E-state index contributed by atoms with van der Waals surface area (Å²) in [7, 11) is 0. The first-order chi connectivity index (χ1) is 7.06. The fourth-order valence-electron chi connectivity index (χ4n) is 1.26. The first kappa shape index (κ1) is 12.2. The van der Waals surface area contributed by atoms with Crippen LogP contribution in [0.15, 0.2) is 22.7 Å². The van der Waals surface area contributed by atoms with Crippen molar-refractivity contribution in [2.45, 2.75) is 33.2 Å². The Morgan fingerprint density at radius 2 is 2.20 bits per heavy atom. The molecule has 0 aromatic heterocycles. The molecule has 0 spiro atoms. The summed E-state index contributed by atoms with van der Waals surface area (Å²) in [5.74, 6) is 0.00292.